The van der Waals surface area contributed by atoms with Crippen molar-refractivity contribution in [2.24, 2.45) is 0 Å². The predicted octanol–water partition coefficient (Wildman–Crippen LogP) is 2.54. The van der Waals surface area contributed by atoms with Gasteiger partial charge in [0.2, 0.25) is 5.88 Å². The highest BCUT2D eigenvalue weighted by Gasteiger charge is 2.47. The number of halogens is 2. The van der Waals surface area contributed by atoms with Crippen LogP contribution in [-0.2, 0) is 6.54 Å². The fourth-order valence-corrected chi connectivity index (χ4v) is 5.20. The highest BCUT2D eigenvalue weighted by Crippen LogP contribution is 2.45. The SMILES string of the molecule is O=C(c1cc2n(n1)CCO2)N1[C@H]2CC[C@H](c3cc(C(F)F)nc4ncnn34)[C@@H]1CC2.S.S.S. The van der Waals surface area contributed by atoms with Gasteiger partial charge in [0.15, 0.2) is 5.69 Å². The summed E-state index contributed by atoms with van der Waals surface area (Å²) in [5.41, 5.74) is 0.689. The van der Waals surface area contributed by atoms with Gasteiger partial charge >= 0.3 is 0 Å². The Morgan fingerprint density at radius 3 is 2.67 bits per heavy atom. The fraction of sp³-hybridized carbons (Fsp3) is 0.526. The lowest BCUT2D eigenvalue weighted by Crippen LogP contribution is -2.48. The summed E-state index contributed by atoms with van der Waals surface area (Å²) in [7, 11) is 0. The molecule has 3 aromatic heterocycles. The average molecular weight is 518 g/mol. The van der Waals surface area contributed by atoms with Crippen molar-refractivity contribution in [1.29, 1.82) is 0 Å². The zero-order valence-corrected chi connectivity index (χ0v) is 20.5. The minimum atomic E-state index is -2.70. The topological polar surface area (TPSA) is 90.4 Å². The largest absolute Gasteiger partial charge is 0.476 e. The summed E-state index contributed by atoms with van der Waals surface area (Å²) in [4.78, 5) is 23.2. The fourth-order valence-electron chi connectivity index (χ4n) is 5.20. The summed E-state index contributed by atoms with van der Waals surface area (Å²) < 4.78 is 35.6. The van der Waals surface area contributed by atoms with Crippen molar-refractivity contribution in [3.63, 3.8) is 0 Å². The second kappa shape index (κ2) is 9.66. The van der Waals surface area contributed by atoms with Crippen LogP contribution >= 0.6 is 40.5 Å². The first kappa shape index (κ1) is 25.6. The summed E-state index contributed by atoms with van der Waals surface area (Å²) in [5, 5.41) is 8.60. The van der Waals surface area contributed by atoms with Gasteiger partial charge < -0.3 is 9.64 Å². The molecule has 0 aromatic carbocycles. The number of hydrogen-bond donors (Lipinski definition) is 0. The summed E-state index contributed by atoms with van der Waals surface area (Å²) >= 11 is 0. The lowest BCUT2D eigenvalue weighted by molar-refractivity contribution is 0.0546. The smallest absolute Gasteiger partial charge is 0.280 e. The van der Waals surface area contributed by atoms with E-state index in [1.54, 1.807) is 10.7 Å². The van der Waals surface area contributed by atoms with Crippen LogP contribution < -0.4 is 4.74 Å². The Hall–Kier alpha value is -2.06. The maximum absolute atomic E-state index is 13.4. The van der Waals surface area contributed by atoms with E-state index >= 15 is 0 Å². The van der Waals surface area contributed by atoms with E-state index in [0.717, 1.165) is 25.7 Å². The number of amides is 1. The summed E-state index contributed by atoms with van der Waals surface area (Å²) in [6.07, 6.45) is 1.92. The third-order valence-corrected chi connectivity index (χ3v) is 6.47. The number of ether oxygens (including phenoxy) is 1. The first-order chi connectivity index (χ1) is 14.6. The average Bonchev–Trinajstić information content (AvgIpc) is 3.49. The number of nitrogens with zero attached hydrogens (tertiary/aromatic N) is 7. The Kier molecular flexibility index (Phi) is 7.49. The van der Waals surface area contributed by atoms with E-state index in [4.69, 9.17) is 4.74 Å². The first-order valence-electron chi connectivity index (χ1n) is 10.1. The number of alkyl halides is 2. The molecule has 33 heavy (non-hydrogen) atoms. The number of carbonyl (C=O) groups excluding carboxylic acids is 1. The van der Waals surface area contributed by atoms with E-state index in [0.29, 0.717) is 30.4 Å². The van der Waals surface area contributed by atoms with Gasteiger partial charge in [-0.15, -0.1) is 0 Å². The zero-order chi connectivity index (χ0) is 20.4. The Labute approximate surface area is 209 Å². The van der Waals surface area contributed by atoms with E-state index in [2.05, 4.69) is 20.2 Å². The Morgan fingerprint density at radius 2 is 1.91 bits per heavy atom. The van der Waals surface area contributed by atoms with E-state index in [9.17, 15) is 13.6 Å². The van der Waals surface area contributed by atoms with Crippen molar-refractivity contribution < 1.29 is 18.3 Å². The van der Waals surface area contributed by atoms with E-state index < -0.39 is 6.43 Å². The lowest BCUT2D eigenvalue weighted by atomic mass is 9.86. The van der Waals surface area contributed by atoms with Crippen LogP contribution in [0.1, 0.15) is 59.9 Å². The lowest BCUT2D eigenvalue weighted by Gasteiger charge is -2.40. The summed E-state index contributed by atoms with van der Waals surface area (Å²) in [5.74, 6) is 0.515. The molecule has 2 saturated heterocycles. The molecule has 3 aromatic rings. The van der Waals surface area contributed by atoms with Crippen LogP contribution in [-0.4, -0.2) is 58.9 Å². The molecule has 6 heterocycles. The molecule has 3 aliphatic rings. The predicted molar refractivity (Wildman–Crippen MR) is 130 cm³/mol. The van der Waals surface area contributed by atoms with Crippen molar-refractivity contribution in [2.45, 2.75) is 56.7 Å². The molecule has 3 aliphatic heterocycles. The van der Waals surface area contributed by atoms with Gasteiger partial charge in [0, 0.05) is 24.1 Å². The van der Waals surface area contributed by atoms with Crippen molar-refractivity contribution in [1.82, 2.24) is 34.3 Å². The number of hydrogen-bond acceptors (Lipinski definition) is 6. The van der Waals surface area contributed by atoms with Crippen molar-refractivity contribution >= 4 is 52.2 Å². The van der Waals surface area contributed by atoms with Gasteiger partial charge in [-0.3, -0.25) is 4.79 Å². The third-order valence-electron chi connectivity index (χ3n) is 6.47. The molecule has 2 fully saturated rings. The molecular formula is C19H25F2N7O2S3. The molecule has 0 spiro atoms. The highest BCUT2D eigenvalue weighted by atomic mass is 32.1. The van der Waals surface area contributed by atoms with Crippen LogP contribution in [0.15, 0.2) is 18.5 Å². The number of rotatable bonds is 3. The van der Waals surface area contributed by atoms with E-state index in [1.165, 1.54) is 16.9 Å². The van der Waals surface area contributed by atoms with Gasteiger partial charge in [-0.2, -0.15) is 55.7 Å². The van der Waals surface area contributed by atoms with Gasteiger partial charge in [-0.1, -0.05) is 0 Å². The van der Waals surface area contributed by atoms with Gasteiger partial charge in [0.1, 0.15) is 18.6 Å². The van der Waals surface area contributed by atoms with Crippen LogP contribution in [0, 0.1) is 0 Å². The van der Waals surface area contributed by atoms with Crippen LogP contribution in [0.5, 0.6) is 5.88 Å². The molecule has 0 radical (unpaired) electrons. The second-order valence-electron chi connectivity index (χ2n) is 8.01. The standard InChI is InChI=1S/C19H19F2N7O2.3H2S/c20-17(21)12-7-15(28-19(24-12)22-9-23-28)11-3-1-10-2-4-14(11)27(10)18(29)13-8-16-26(25-13)5-6-30-16;;;/h7-11,14,17H,1-6H2;3*1H2/t10-,11-,14-;;;/m0.../s1. The van der Waals surface area contributed by atoms with Crippen LogP contribution in [0.25, 0.3) is 5.78 Å². The minimum Gasteiger partial charge on any atom is -0.476 e. The molecule has 0 saturated carbocycles. The number of piperidine rings is 1. The van der Waals surface area contributed by atoms with E-state index in [1.807, 2.05) is 4.90 Å². The number of carbonyl (C=O) groups is 1. The molecule has 0 aliphatic carbocycles. The Bertz CT molecular complexity index is 1140. The molecular weight excluding hydrogens is 492 g/mol. The van der Waals surface area contributed by atoms with Crippen molar-refractivity contribution in [3.8, 4) is 5.88 Å². The molecule has 180 valence electrons. The molecule has 1 amide bonds. The Morgan fingerprint density at radius 1 is 1.12 bits per heavy atom. The normalized spacial score (nSPS) is 22.9. The van der Waals surface area contributed by atoms with Gasteiger partial charge in [0.25, 0.3) is 18.1 Å². The highest BCUT2D eigenvalue weighted by molar-refractivity contribution is 7.59. The monoisotopic (exact) mass is 517 g/mol. The maximum atomic E-state index is 13.4. The minimum absolute atomic E-state index is 0. The first-order valence-corrected chi connectivity index (χ1v) is 10.1. The second-order valence-corrected chi connectivity index (χ2v) is 8.01. The molecule has 9 nitrogen and oxygen atoms in total. The molecule has 2 bridgehead atoms. The number of aromatic nitrogens is 6. The maximum Gasteiger partial charge on any atom is 0.280 e. The van der Waals surface area contributed by atoms with Gasteiger partial charge in [0.05, 0.1) is 12.2 Å². The Balaban J connectivity index is 0.00000102. The van der Waals surface area contributed by atoms with Crippen LogP contribution in [0.2, 0.25) is 0 Å². The zero-order valence-electron chi connectivity index (χ0n) is 17.5. The summed E-state index contributed by atoms with van der Waals surface area (Å²) in [6, 6.07) is 3.14. The van der Waals surface area contributed by atoms with Gasteiger partial charge in [-0.25, -0.2) is 23.0 Å². The van der Waals surface area contributed by atoms with E-state index in [-0.39, 0.29) is 75.9 Å². The van der Waals surface area contributed by atoms with Gasteiger partial charge in [-0.05, 0) is 31.7 Å². The van der Waals surface area contributed by atoms with Crippen molar-refractivity contribution in [2.75, 3.05) is 6.61 Å². The number of fused-ring (bicyclic) bond motifs is 4. The molecule has 3 atom stereocenters. The quantitative estimate of drug-likeness (QED) is 0.531. The van der Waals surface area contributed by atoms with Crippen LogP contribution in [0.4, 0.5) is 8.78 Å². The molecule has 14 heteroatoms. The molecule has 6 rings (SSSR count). The van der Waals surface area contributed by atoms with Crippen LogP contribution in [0.3, 0.4) is 0 Å². The van der Waals surface area contributed by atoms with Crippen molar-refractivity contribution in [3.05, 3.63) is 35.5 Å². The third kappa shape index (κ3) is 4.05. The summed E-state index contributed by atoms with van der Waals surface area (Å²) in [6.45, 7) is 1.20. The molecule has 0 N–H and O–H groups in total. The molecule has 0 unspecified atom stereocenters.